The van der Waals surface area contributed by atoms with Crippen molar-refractivity contribution >= 4 is 11.9 Å². The summed E-state index contributed by atoms with van der Waals surface area (Å²) >= 11 is 0. The molecule has 2 rings (SSSR count). The molecule has 1 amide bonds. The number of aromatic carboxylic acids is 1. The molecule has 1 aromatic heterocycles. The first kappa shape index (κ1) is 13.5. The maximum atomic E-state index is 12.0. The van der Waals surface area contributed by atoms with Crippen molar-refractivity contribution in [3.8, 4) is 0 Å². The molecule has 0 saturated carbocycles. The minimum absolute atomic E-state index is 0.0108. The van der Waals surface area contributed by atoms with Crippen molar-refractivity contribution in [1.29, 1.82) is 0 Å². The van der Waals surface area contributed by atoms with Gasteiger partial charge in [0.05, 0.1) is 6.61 Å². The summed E-state index contributed by atoms with van der Waals surface area (Å²) in [6.07, 6.45) is 2.02. The highest BCUT2D eigenvalue weighted by molar-refractivity contribution is 5.94. The molecule has 104 valence electrons. The van der Waals surface area contributed by atoms with Gasteiger partial charge in [-0.2, -0.15) is 0 Å². The summed E-state index contributed by atoms with van der Waals surface area (Å²) in [5.74, 6) is -1.61. The Balaban J connectivity index is 1.95. The summed E-state index contributed by atoms with van der Waals surface area (Å²) in [5, 5.41) is 12.2. The van der Waals surface area contributed by atoms with Crippen molar-refractivity contribution in [3.05, 3.63) is 17.5 Å². The first-order chi connectivity index (χ1) is 9.08. The monoisotopic (exact) mass is 268 g/mol. The maximum Gasteiger partial charge on any atom is 0.374 e. The quantitative estimate of drug-likeness (QED) is 0.871. The van der Waals surface area contributed by atoms with Crippen molar-refractivity contribution in [1.82, 2.24) is 10.1 Å². The number of hydrogen-bond donors (Lipinski definition) is 1. The second-order valence-corrected chi connectivity index (χ2v) is 4.65. The molecule has 0 aliphatic carbocycles. The third-order valence-electron chi connectivity index (χ3n) is 3.07. The van der Waals surface area contributed by atoms with Crippen LogP contribution in [0.5, 0.6) is 0 Å². The maximum absolute atomic E-state index is 12.0. The smallest absolute Gasteiger partial charge is 0.374 e. The minimum Gasteiger partial charge on any atom is -0.475 e. The summed E-state index contributed by atoms with van der Waals surface area (Å²) < 4.78 is 9.92. The van der Waals surface area contributed by atoms with Crippen LogP contribution in [0.3, 0.4) is 0 Å². The zero-order valence-corrected chi connectivity index (χ0v) is 10.7. The lowest BCUT2D eigenvalue weighted by atomic mass is 10.0. The number of nitrogens with zero attached hydrogens (tertiary/aromatic N) is 2. The highest BCUT2D eigenvalue weighted by Gasteiger charge is 2.23. The van der Waals surface area contributed by atoms with E-state index >= 15 is 0 Å². The largest absolute Gasteiger partial charge is 0.475 e. The number of carbonyl (C=O) groups excluding carboxylic acids is 1. The third-order valence-corrected chi connectivity index (χ3v) is 3.07. The number of carbonyl (C=O) groups is 2. The van der Waals surface area contributed by atoms with Crippen molar-refractivity contribution < 1.29 is 24.0 Å². The fourth-order valence-electron chi connectivity index (χ4n) is 2.09. The molecule has 19 heavy (non-hydrogen) atoms. The summed E-state index contributed by atoms with van der Waals surface area (Å²) in [6, 6.07) is 1.14. The number of amides is 1. The molecule has 1 N–H and O–H groups in total. The lowest BCUT2D eigenvalue weighted by Gasteiger charge is -2.26. The number of rotatable bonds is 4. The minimum atomic E-state index is -1.24. The second kappa shape index (κ2) is 5.83. The number of ether oxygens (including phenoxy) is 1. The molecule has 0 aromatic carbocycles. The number of carboxylic acids is 1. The van der Waals surface area contributed by atoms with E-state index in [0.29, 0.717) is 19.1 Å². The summed E-state index contributed by atoms with van der Waals surface area (Å²) in [4.78, 5) is 24.2. The molecule has 7 heteroatoms. The Kier molecular flexibility index (Phi) is 4.16. The van der Waals surface area contributed by atoms with Gasteiger partial charge in [0.2, 0.25) is 5.76 Å². The first-order valence-corrected chi connectivity index (χ1v) is 6.11. The highest BCUT2D eigenvalue weighted by Crippen LogP contribution is 2.15. The molecular weight excluding hydrogens is 252 g/mol. The Bertz CT molecular complexity index is 464. The van der Waals surface area contributed by atoms with Crippen molar-refractivity contribution in [2.24, 2.45) is 5.92 Å². The molecule has 1 aliphatic rings. The molecule has 1 atom stereocenters. The van der Waals surface area contributed by atoms with Gasteiger partial charge >= 0.3 is 5.97 Å². The highest BCUT2D eigenvalue weighted by atomic mass is 16.5. The lowest BCUT2D eigenvalue weighted by Crippen LogP contribution is -2.35. The van der Waals surface area contributed by atoms with E-state index in [1.807, 2.05) is 0 Å². The van der Waals surface area contributed by atoms with Crippen LogP contribution in [-0.2, 0) is 4.74 Å². The number of carboxylic acid groups (broad SMARTS) is 1. The van der Waals surface area contributed by atoms with Crippen LogP contribution in [0, 0.1) is 5.92 Å². The normalized spacial score (nSPS) is 19.1. The van der Waals surface area contributed by atoms with Crippen molar-refractivity contribution in [3.63, 3.8) is 0 Å². The Labute approximate surface area is 110 Å². The average Bonchev–Trinajstić information content (AvgIpc) is 2.88. The van der Waals surface area contributed by atoms with Crippen LogP contribution in [0.4, 0.5) is 0 Å². The van der Waals surface area contributed by atoms with Crippen LogP contribution in [0.25, 0.3) is 0 Å². The van der Waals surface area contributed by atoms with Crippen LogP contribution in [0.1, 0.15) is 33.9 Å². The van der Waals surface area contributed by atoms with Crippen LogP contribution >= 0.6 is 0 Å². The van der Waals surface area contributed by atoms with Gasteiger partial charge in [0, 0.05) is 26.3 Å². The Morgan fingerprint density at radius 3 is 2.95 bits per heavy atom. The van der Waals surface area contributed by atoms with Crippen LogP contribution < -0.4 is 0 Å². The molecule has 0 bridgehead atoms. The van der Waals surface area contributed by atoms with E-state index in [9.17, 15) is 9.59 Å². The molecule has 7 nitrogen and oxygen atoms in total. The second-order valence-electron chi connectivity index (χ2n) is 4.65. The van der Waals surface area contributed by atoms with E-state index in [-0.39, 0.29) is 17.4 Å². The van der Waals surface area contributed by atoms with Crippen LogP contribution in [0.2, 0.25) is 0 Å². The molecule has 0 radical (unpaired) electrons. The fourth-order valence-corrected chi connectivity index (χ4v) is 2.09. The van der Waals surface area contributed by atoms with Gasteiger partial charge in [0.25, 0.3) is 5.91 Å². The van der Waals surface area contributed by atoms with Gasteiger partial charge in [-0.3, -0.25) is 4.79 Å². The van der Waals surface area contributed by atoms with Gasteiger partial charge in [0.1, 0.15) is 0 Å². The van der Waals surface area contributed by atoms with Crippen molar-refractivity contribution in [2.45, 2.75) is 12.8 Å². The molecule has 1 fully saturated rings. The molecule has 0 spiro atoms. The molecule has 1 unspecified atom stereocenters. The van der Waals surface area contributed by atoms with E-state index in [1.165, 1.54) is 4.90 Å². The summed E-state index contributed by atoms with van der Waals surface area (Å²) in [7, 11) is 1.66. The standard InChI is InChI=1S/C12H16N2O5/c1-14(6-8-3-2-4-18-7-8)11(15)9-5-10(12(16)17)19-13-9/h5,8H,2-4,6-7H2,1H3,(H,16,17). The van der Waals surface area contributed by atoms with Gasteiger partial charge in [-0.05, 0) is 18.8 Å². The van der Waals surface area contributed by atoms with Gasteiger partial charge in [-0.25, -0.2) is 4.79 Å². The van der Waals surface area contributed by atoms with Gasteiger partial charge < -0.3 is 19.3 Å². The lowest BCUT2D eigenvalue weighted by molar-refractivity contribution is 0.0385. The molecule has 2 heterocycles. The average molecular weight is 268 g/mol. The van der Waals surface area contributed by atoms with Crippen LogP contribution in [0.15, 0.2) is 10.6 Å². The fraction of sp³-hybridized carbons (Fsp3) is 0.583. The number of hydrogen-bond acceptors (Lipinski definition) is 5. The predicted octanol–water partition coefficient (Wildman–Crippen LogP) is 0.871. The topological polar surface area (TPSA) is 92.9 Å². The Morgan fingerprint density at radius 1 is 1.58 bits per heavy atom. The zero-order chi connectivity index (χ0) is 13.8. The molecule has 1 aromatic rings. The zero-order valence-electron chi connectivity index (χ0n) is 10.7. The van der Waals surface area contributed by atoms with Crippen molar-refractivity contribution in [2.75, 3.05) is 26.8 Å². The van der Waals surface area contributed by atoms with Gasteiger partial charge in [-0.1, -0.05) is 5.16 Å². The van der Waals surface area contributed by atoms with Crippen LogP contribution in [-0.4, -0.2) is 53.8 Å². The van der Waals surface area contributed by atoms with E-state index in [2.05, 4.69) is 9.68 Å². The summed E-state index contributed by atoms with van der Waals surface area (Å²) in [5.41, 5.74) is 0.0108. The first-order valence-electron chi connectivity index (χ1n) is 6.11. The summed E-state index contributed by atoms with van der Waals surface area (Å²) in [6.45, 7) is 1.99. The molecular formula is C12H16N2O5. The van der Waals surface area contributed by atoms with E-state index in [1.54, 1.807) is 7.05 Å². The third kappa shape index (κ3) is 3.31. The Morgan fingerprint density at radius 2 is 2.37 bits per heavy atom. The van der Waals surface area contributed by atoms with E-state index in [4.69, 9.17) is 9.84 Å². The molecule has 1 saturated heterocycles. The SMILES string of the molecule is CN(CC1CCCOC1)C(=O)c1cc(C(=O)O)on1. The Hall–Kier alpha value is -1.89. The number of aromatic nitrogens is 1. The predicted molar refractivity (Wildman–Crippen MR) is 64.0 cm³/mol. The van der Waals surface area contributed by atoms with E-state index in [0.717, 1.165) is 25.5 Å². The molecule has 1 aliphatic heterocycles. The van der Waals surface area contributed by atoms with E-state index < -0.39 is 5.97 Å². The van der Waals surface area contributed by atoms with Gasteiger partial charge in [-0.15, -0.1) is 0 Å². The van der Waals surface area contributed by atoms with Gasteiger partial charge in [0.15, 0.2) is 5.69 Å².